The zero-order valence-electron chi connectivity index (χ0n) is 17.0. The van der Waals surface area contributed by atoms with Crippen LogP contribution in [0.2, 0.25) is 5.02 Å². The summed E-state index contributed by atoms with van der Waals surface area (Å²) in [6.07, 6.45) is -1.24. The lowest BCUT2D eigenvalue weighted by atomic mass is 10.0. The normalized spacial score (nSPS) is 11.9. The van der Waals surface area contributed by atoms with E-state index in [1.807, 2.05) is 0 Å². The average molecular weight is 483 g/mol. The van der Waals surface area contributed by atoms with E-state index in [-0.39, 0.29) is 26.7 Å². The fraction of sp³-hybridized carbons (Fsp3) is 0.182. The fourth-order valence-electron chi connectivity index (χ4n) is 3.20. The van der Waals surface area contributed by atoms with Crippen molar-refractivity contribution >= 4 is 33.0 Å². The largest absolute Gasteiger partial charge is 0.406 e. The molecule has 0 aliphatic carbocycles. The van der Waals surface area contributed by atoms with Gasteiger partial charge in [0.25, 0.3) is 5.91 Å². The van der Waals surface area contributed by atoms with Crippen LogP contribution in [0, 0.1) is 6.92 Å². The van der Waals surface area contributed by atoms with Gasteiger partial charge in [0, 0.05) is 34.2 Å². The number of pyridine rings is 1. The van der Waals surface area contributed by atoms with Gasteiger partial charge in [0.05, 0.1) is 16.8 Å². The summed E-state index contributed by atoms with van der Waals surface area (Å²) in [5.74, 6) is -1.02. The highest BCUT2D eigenvalue weighted by Gasteiger charge is 2.36. The number of anilines is 1. The molecule has 0 atom stereocenters. The summed E-state index contributed by atoms with van der Waals surface area (Å²) < 4.78 is 64.4. The van der Waals surface area contributed by atoms with Crippen LogP contribution in [0.25, 0.3) is 11.1 Å². The van der Waals surface area contributed by atoms with Crippen LogP contribution in [0.1, 0.15) is 15.9 Å². The number of alkyl halides is 3. The Morgan fingerprint density at radius 3 is 2.41 bits per heavy atom. The Bertz CT molecular complexity index is 1280. The molecule has 5 nitrogen and oxygen atoms in total. The van der Waals surface area contributed by atoms with Crippen LogP contribution in [0.4, 0.5) is 18.9 Å². The van der Waals surface area contributed by atoms with Gasteiger partial charge in [-0.2, -0.15) is 13.2 Å². The second-order valence-corrected chi connectivity index (χ2v) is 9.61. The number of sulfone groups is 1. The topological polar surface area (TPSA) is 67.3 Å². The minimum absolute atomic E-state index is 0.106. The van der Waals surface area contributed by atoms with Crippen molar-refractivity contribution in [2.45, 2.75) is 18.0 Å². The number of benzene rings is 2. The highest BCUT2D eigenvalue weighted by molar-refractivity contribution is 7.90. The van der Waals surface area contributed by atoms with Crippen LogP contribution in [-0.4, -0.2) is 38.3 Å². The van der Waals surface area contributed by atoms with Crippen molar-refractivity contribution in [1.29, 1.82) is 0 Å². The smallest absolute Gasteiger partial charge is 0.297 e. The summed E-state index contributed by atoms with van der Waals surface area (Å²) >= 11 is 6.24. The molecular weight excluding hydrogens is 465 g/mol. The van der Waals surface area contributed by atoms with E-state index in [4.69, 9.17) is 11.6 Å². The van der Waals surface area contributed by atoms with Crippen LogP contribution >= 0.6 is 11.6 Å². The van der Waals surface area contributed by atoms with E-state index in [0.717, 1.165) is 18.5 Å². The third-order valence-corrected chi connectivity index (χ3v) is 5.98. The maximum absolute atomic E-state index is 13.5. The van der Waals surface area contributed by atoms with Crippen molar-refractivity contribution in [3.05, 3.63) is 77.1 Å². The third-order valence-electron chi connectivity index (χ3n) is 4.56. The molecule has 10 heteroatoms. The lowest BCUT2D eigenvalue weighted by molar-refractivity contribution is -0.118. The molecule has 1 aromatic heterocycles. The summed E-state index contributed by atoms with van der Waals surface area (Å²) in [5.41, 5.74) is 0.821. The molecule has 32 heavy (non-hydrogen) atoms. The van der Waals surface area contributed by atoms with Gasteiger partial charge in [-0.25, -0.2) is 8.42 Å². The molecule has 1 heterocycles. The monoisotopic (exact) mass is 482 g/mol. The van der Waals surface area contributed by atoms with Crippen molar-refractivity contribution in [2.75, 3.05) is 17.7 Å². The van der Waals surface area contributed by atoms with Gasteiger partial charge in [-0.3, -0.25) is 14.7 Å². The van der Waals surface area contributed by atoms with Crippen molar-refractivity contribution in [3.63, 3.8) is 0 Å². The van der Waals surface area contributed by atoms with Crippen LogP contribution in [-0.2, 0) is 9.84 Å². The van der Waals surface area contributed by atoms with E-state index >= 15 is 0 Å². The summed E-state index contributed by atoms with van der Waals surface area (Å²) in [5, 5.41) is 0.286. The van der Waals surface area contributed by atoms with Crippen molar-refractivity contribution in [2.24, 2.45) is 0 Å². The number of carbonyl (C=O) groups excluding carboxylic acids is 1. The Balaban J connectivity index is 2.20. The summed E-state index contributed by atoms with van der Waals surface area (Å²) in [7, 11) is -3.69. The second kappa shape index (κ2) is 8.91. The van der Waals surface area contributed by atoms with Crippen LogP contribution in [0.5, 0.6) is 0 Å². The molecule has 0 radical (unpaired) electrons. The highest BCUT2D eigenvalue weighted by Crippen LogP contribution is 2.36. The number of amides is 1. The van der Waals surface area contributed by atoms with Crippen LogP contribution < -0.4 is 4.90 Å². The highest BCUT2D eigenvalue weighted by atomic mass is 35.5. The zero-order chi connectivity index (χ0) is 23.7. The predicted octanol–water partition coefficient (Wildman–Crippen LogP) is 5.32. The first-order chi connectivity index (χ1) is 14.9. The molecule has 0 saturated heterocycles. The van der Waals surface area contributed by atoms with Crippen LogP contribution in [0.15, 0.2) is 65.8 Å². The van der Waals surface area contributed by atoms with Crippen molar-refractivity contribution in [1.82, 2.24) is 4.98 Å². The first-order valence-electron chi connectivity index (χ1n) is 9.26. The van der Waals surface area contributed by atoms with Gasteiger partial charge in [0.2, 0.25) is 0 Å². The first kappa shape index (κ1) is 23.7. The van der Waals surface area contributed by atoms with E-state index in [2.05, 4.69) is 4.98 Å². The molecule has 0 spiro atoms. The maximum atomic E-state index is 13.5. The molecule has 3 aromatic rings. The number of aryl methyl sites for hydroxylation is 1. The van der Waals surface area contributed by atoms with Crippen molar-refractivity contribution in [3.8, 4) is 11.1 Å². The fourth-order valence-corrected chi connectivity index (χ4v) is 4.17. The molecule has 2 aromatic carbocycles. The van der Waals surface area contributed by atoms with Crippen LogP contribution in [0.3, 0.4) is 0 Å². The molecule has 0 fully saturated rings. The number of rotatable bonds is 5. The number of hydrogen-bond donors (Lipinski definition) is 0. The van der Waals surface area contributed by atoms with Gasteiger partial charge in [-0.15, -0.1) is 0 Å². The van der Waals surface area contributed by atoms with Gasteiger partial charge in [0.1, 0.15) is 6.54 Å². The molecular formula is C22H18ClF3N2O3S. The average Bonchev–Trinajstić information content (AvgIpc) is 2.70. The molecule has 0 aliphatic heterocycles. The van der Waals surface area contributed by atoms with Gasteiger partial charge in [0.15, 0.2) is 9.84 Å². The Labute approximate surface area is 188 Å². The van der Waals surface area contributed by atoms with E-state index in [1.54, 1.807) is 31.2 Å². The Kier molecular flexibility index (Phi) is 6.61. The standard InChI is InChI=1S/C22H18ClF3N2O3S/c1-14-9-15(11-16(10-14)32(2,30)31)21(29)28(13-22(24,25)26)20-12-27-8-7-18(20)17-5-3-4-6-19(17)23/h3-12H,13H2,1-2H3. The van der Waals surface area contributed by atoms with Gasteiger partial charge >= 0.3 is 6.18 Å². The Morgan fingerprint density at radius 2 is 1.78 bits per heavy atom. The van der Waals surface area contributed by atoms with E-state index in [9.17, 15) is 26.4 Å². The first-order valence-corrected chi connectivity index (χ1v) is 11.5. The van der Waals surface area contributed by atoms with Gasteiger partial charge in [-0.1, -0.05) is 29.8 Å². The zero-order valence-corrected chi connectivity index (χ0v) is 18.6. The molecule has 168 valence electrons. The lowest BCUT2D eigenvalue weighted by Crippen LogP contribution is -2.39. The summed E-state index contributed by atoms with van der Waals surface area (Å²) in [6, 6.07) is 11.8. The number of nitrogens with zero attached hydrogens (tertiary/aromatic N) is 2. The Morgan fingerprint density at radius 1 is 1.09 bits per heavy atom. The third kappa shape index (κ3) is 5.46. The van der Waals surface area contributed by atoms with E-state index < -0.39 is 28.5 Å². The number of carbonyl (C=O) groups is 1. The Hall–Kier alpha value is -2.91. The predicted molar refractivity (Wildman–Crippen MR) is 117 cm³/mol. The van der Waals surface area contributed by atoms with Gasteiger partial charge < -0.3 is 0 Å². The minimum Gasteiger partial charge on any atom is -0.297 e. The number of halogens is 4. The van der Waals surface area contributed by atoms with Gasteiger partial charge in [-0.05, 0) is 42.8 Å². The minimum atomic E-state index is -4.73. The molecule has 0 bridgehead atoms. The number of hydrogen-bond acceptors (Lipinski definition) is 4. The summed E-state index contributed by atoms with van der Waals surface area (Å²) in [4.78, 5) is 17.6. The lowest BCUT2D eigenvalue weighted by Gasteiger charge is -2.26. The molecule has 3 rings (SSSR count). The van der Waals surface area contributed by atoms with E-state index in [1.165, 1.54) is 24.4 Å². The molecule has 0 N–H and O–H groups in total. The van der Waals surface area contributed by atoms with E-state index in [0.29, 0.717) is 16.0 Å². The SMILES string of the molecule is Cc1cc(C(=O)N(CC(F)(F)F)c2cnccc2-c2ccccc2Cl)cc(S(C)(=O)=O)c1. The maximum Gasteiger partial charge on any atom is 0.406 e. The molecule has 1 amide bonds. The van der Waals surface area contributed by atoms with Crippen molar-refractivity contribution < 1.29 is 26.4 Å². The summed E-state index contributed by atoms with van der Waals surface area (Å²) in [6.45, 7) is -0.0457. The molecule has 0 aliphatic rings. The molecule has 0 saturated carbocycles. The molecule has 0 unspecified atom stereocenters. The second-order valence-electron chi connectivity index (χ2n) is 7.19. The quantitative estimate of drug-likeness (QED) is 0.493. The number of aromatic nitrogens is 1.